The van der Waals surface area contributed by atoms with Crippen LogP contribution in [0.3, 0.4) is 0 Å². The number of nitrogens with zero attached hydrogens (tertiary/aromatic N) is 3. The summed E-state index contributed by atoms with van der Waals surface area (Å²) in [5.41, 5.74) is 5.02. The number of para-hydroxylation sites is 2. The van der Waals surface area contributed by atoms with Gasteiger partial charge >= 0.3 is 0 Å². The summed E-state index contributed by atoms with van der Waals surface area (Å²) in [6.07, 6.45) is 2.28. The van der Waals surface area contributed by atoms with E-state index in [0.717, 1.165) is 28.2 Å². The maximum absolute atomic E-state index is 13.7. The highest BCUT2D eigenvalue weighted by Gasteiger charge is 2.38. The van der Waals surface area contributed by atoms with E-state index in [4.69, 9.17) is 0 Å². The van der Waals surface area contributed by atoms with E-state index in [2.05, 4.69) is 4.98 Å². The van der Waals surface area contributed by atoms with Gasteiger partial charge in [0.25, 0.3) is 5.91 Å². The molecule has 2 heterocycles. The summed E-state index contributed by atoms with van der Waals surface area (Å²) < 4.78 is 0. The third kappa shape index (κ3) is 4.33. The van der Waals surface area contributed by atoms with Crippen molar-refractivity contribution in [1.29, 1.82) is 0 Å². The molecule has 1 aliphatic rings. The third-order valence-corrected chi connectivity index (χ3v) is 6.54. The van der Waals surface area contributed by atoms with Crippen LogP contribution in [0, 0.1) is 0 Å². The maximum atomic E-state index is 13.7. The molecule has 5 rings (SSSR count). The summed E-state index contributed by atoms with van der Waals surface area (Å²) in [6.45, 7) is 3.63. The summed E-state index contributed by atoms with van der Waals surface area (Å²) in [5, 5.41) is 0. The molecule has 0 saturated carbocycles. The number of rotatable bonds is 4. The molecule has 2 amide bonds. The van der Waals surface area contributed by atoms with Gasteiger partial charge in [-0.2, -0.15) is 0 Å². The van der Waals surface area contributed by atoms with Crippen LogP contribution in [0.5, 0.6) is 0 Å². The molecule has 5 heteroatoms. The molecule has 4 aromatic rings. The van der Waals surface area contributed by atoms with Crippen molar-refractivity contribution in [2.75, 3.05) is 9.80 Å². The molecule has 174 valence electrons. The molecule has 0 fully saturated rings. The summed E-state index contributed by atoms with van der Waals surface area (Å²) in [4.78, 5) is 34.7. The fraction of sp³-hybridized carbons (Fsp3) is 0.167. The van der Waals surface area contributed by atoms with Crippen molar-refractivity contribution in [2.45, 2.75) is 32.4 Å². The molecule has 2 unspecified atom stereocenters. The fourth-order valence-corrected chi connectivity index (χ4v) is 4.94. The van der Waals surface area contributed by atoms with Crippen LogP contribution < -0.4 is 9.80 Å². The van der Waals surface area contributed by atoms with Crippen LogP contribution in [0.25, 0.3) is 11.3 Å². The van der Waals surface area contributed by atoms with Gasteiger partial charge in [0.1, 0.15) is 0 Å². The highest BCUT2D eigenvalue weighted by Crippen LogP contribution is 2.42. The zero-order chi connectivity index (χ0) is 24.4. The molecule has 3 aromatic carbocycles. The van der Waals surface area contributed by atoms with E-state index in [1.165, 1.54) is 0 Å². The average molecular weight is 462 g/mol. The van der Waals surface area contributed by atoms with Gasteiger partial charge in [-0.05, 0) is 49.2 Å². The highest BCUT2D eigenvalue weighted by molar-refractivity contribution is 6.07. The zero-order valence-corrected chi connectivity index (χ0v) is 19.8. The molecule has 0 bridgehead atoms. The maximum Gasteiger partial charge on any atom is 0.260 e. The topological polar surface area (TPSA) is 53.5 Å². The first-order valence-corrected chi connectivity index (χ1v) is 11.8. The average Bonchev–Trinajstić information content (AvgIpc) is 2.89. The van der Waals surface area contributed by atoms with Gasteiger partial charge < -0.3 is 9.80 Å². The Hall–Kier alpha value is -4.25. The number of amides is 2. The number of carbonyl (C=O) groups excluding carboxylic acids is 2. The van der Waals surface area contributed by atoms with Crippen LogP contribution in [0.1, 0.15) is 42.2 Å². The van der Waals surface area contributed by atoms with Crippen LogP contribution in [-0.2, 0) is 4.79 Å². The van der Waals surface area contributed by atoms with Crippen LogP contribution in [-0.4, -0.2) is 22.8 Å². The standard InChI is InChI=1S/C30H27N3O2/c1-21-19-29(33(22(2)34)25-13-7-4-8-14-25)26-15-9-10-16-28(26)32(21)30(35)24-17-18-27(31-20-24)23-11-5-3-6-12-23/h3-18,20-21,29H,19H2,1-2H3. The first-order valence-electron chi connectivity index (χ1n) is 11.8. The Morgan fingerprint density at radius 1 is 0.857 bits per heavy atom. The normalized spacial score (nSPS) is 16.9. The smallest absolute Gasteiger partial charge is 0.260 e. The van der Waals surface area contributed by atoms with Crippen molar-refractivity contribution in [3.8, 4) is 11.3 Å². The number of pyridine rings is 1. The van der Waals surface area contributed by atoms with Crippen molar-refractivity contribution in [2.24, 2.45) is 0 Å². The molecule has 2 atom stereocenters. The van der Waals surface area contributed by atoms with E-state index in [1.54, 1.807) is 13.1 Å². The molecule has 0 radical (unpaired) electrons. The van der Waals surface area contributed by atoms with Gasteiger partial charge in [0.15, 0.2) is 0 Å². The summed E-state index contributed by atoms with van der Waals surface area (Å²) in [6, 6.07) is 31.0. The minimum atomic E-state index is -0.163. The SMILES string of the molecule is CC(=O)N(c1ccccc1)C1CC(C)N(C(=O)c2ccc(-c3ccccc3)nc2)c2ccccc21. The van der Waals surface area contributed by atoms with Crippen molar-refractivity contribution in [1.82, 2.24) is 4.98 Å². The van der Waals surface area contributed by atoms with E-state index in [9.17, 15) is 9.59 Å². The molecule has 0 saturated heterocycles. The molecule has 1 aliphatic heterocycles. The number of hydrogen-bond donors (Lipinski definition) is 0. The van der Waals surface area contributed by atoms with Crippen molar-refractivity contribution in [3.63, 3.8) is 0 Å². The van der Waals surface area contributed by atoms with E-state index in [1.807, 2.05) is 114 Å². The number of aromatic nitrogens is 1. The van der Waals surface area contributed by atoms with Gasteiger partial charge in [-0.3, -0.25) is 14.6 Å². The Kier molecular flexibility index (Phi) is 6.15. The summed E-state index contributed by atoms with van der Waals surface area (Å²) in [5.74, 6) is -0.117. The fourth-order valence-electron chi connectivity index (χ4n) is 4.94. The van der Waals surface area contributed by atoms with Crippen LogP contribution >= 0.6 is 0 Å². The van der Waals surface area contributed by atoms with Crippen molar-refractivity contribution in [3.05, 3.63) is 114 Å². The predicted octanol–water partition coefficient (Wildman–Crippen LogP) is 6.28. The molecule has 5 nitrogen and oxygen atoms in total. The van der Waals surface area contributed by atoms with Gasteiger partial charge in [0.05, 0.1) is 17.3 Å². The Balaban J connectivity index is 1.50. The predicted molar refractivity (Wildman–Crippen MR) is 139 cm³/mol. The molecule has 0 aliphatic carbocycles. The minimum absolute atomic E-state index is 0.0244. The second-order valence-corrected chi connectivity index (χ2v) is 8.86. The molecule has 0 N–H and O–H groups in total. The minimum Gasteiger partial charge on any atom is -0.305 e. The largest absolute Gasteiger partial charge is 0.305 e. The van der Waals surface area contributed by atoms with E-state index in [0.29, 0.717) is 12.0 Å². The number of anilines is 2. The Morgan fingerprint density at radius 3 is 2.17 bits per heavy atom. The quantitative estimate of drug-likeness (QED) is 0.359. The van der Waals surface area contributed by atoms with E-state index >= 15 is 0 Å². The van der Waals surface area contributed by atoms with Crippen molar-refractivity contribution < 1.29 is 9.59 Å². The van der Waals surface area contributed by atoms with Crippen LogP contribution in [0.4, 0.5) is 11.4 Å². The summed E-state index contributed by atoms with van der Waals surface area (Å²) in [7, 11) is 0. The van der Waals surface area contributed by atoms with Gasteiger partial charge in [-0.15, -0.1) is 0 Å². The van der Waals surface area contributed by atoms with Crippen molar-refractivity contribution >= 4 is 23.2 Å². The van der Waals surface area contributed by atoms with Gasteiger partial charge in [-0.1, -0.05) is 66.7 Å². The van der Waals surface area contributed by atoms with E-state index in [-0.39, 0.29) is 23.9 Å². The second-order valence-electron chi connectivity index (χ2n) is 8.86. The Morgan fingerprint density at radius 2 is 1.51 bits per heavy atom. The van der Waals surface area contributed by atoms with Gasteiger partial charge in [0.2, 0.25) is 5.91 Å². The lowest BCUT2D eigenvalue weighted by atomic mass is 9.89. The lowest BCUT2D eigenvalue weighted by Gasteiger charge is -2.43. The first-order chi connectivity index (χ1) is 17.0. The highest BCUT2D eigenvalue weighted by atomic mass is 16.2. The van der Waals surface area contributed by atoms with E-state index < -0.39 is 0 Å². The zero-order valence-electron chi connectivity index (χ0n) is 19.8. The molecular weight excluding hydrogens is 434 g/mol. The van der Waals surface area contributed by atoms with Gasteiger partial charge in [0, 0.05) is 36.1 Å². The van der Waals surface area contributed by atoms with Crippen LogP contribution in [0.2, 0.25) is 0 Å². The summed E-state index contributed by atoms with van der Waals surface area (Å²) >= 11 is 0. The van der Waals surface area contributed by atoms with Gasteiger partial charge in [-0.25, -0.2) is 0 Å². The molecule has 0 spiro atoms. The monoisotopic (exact) mass is 461 g/mol. The lowest BCUT2D eigenvalue weighted by molar-refractivity contribution is -0.117. The Labute approximate surface area is 205 Å². The first kappa shape index (κ1) is 22.5. The number of benzene rings is 3. The molecule has 1 aromatic heterocycles. The van der Waals surface area contributed by atoms with Crippen LogP contribution in [0.15, 0.2) is 103 Å². The lowest BCUT2D eigenvalue weighted by Crippen LogP contribution is -2.47. The second kappa shape index (κ2) is 9.55. The molecule has 35 heavy (non-hydrogen) atoms. The number of carbonyl (C=O) groups is 2. The molecular formula is C30H27N3O2. The number of hydrogen-bond acceptors (Lipinski definition) is 3. The third-order valence-electron chi connectivity index (χ3n) is 6.54. The Bertz CT molecular complexity index is 1340. The number of fused-ring (bicyclic) bond motifs is 1.